The van der Waals surface area contributed by atoms with Crippen molar-refractivity contribution in [3.63, 3.8) is 0 Å². The first-order chi connectivity index (χ1) is 15.1. The summed E-state index contributed by atoms with van der Waals surface area (Å²) < 4.78 is 7.65. The number of aryl methyl sites for hydroxylation is 1. The summed E-state index contributed by atoms with van der Waals surface area (Å²) in [5.41, 5.74) is 2.96. The van der Waals surface area contributed by atoms with Gasteiger partial charge in [0.15, 0.2) is 5.65 Å². The van der Waals surface area contributed by atoms with Crippen LogP contribution in [0.4, 0.5) is 17.2 Å². The number of nitro benzene ring substituents is 1. The Labute approximate surface area is 175 Å². The van der Waals surface area contributed by atoms with Gasteiger partial charge in [-0.2, -0.15) is 5.10 Å². The van der Waals surface area contributed by atoms with E-state index in [0.717, 1.165) is 11.3 Å². The lowest BCUT2D eigenvalue weighted by Crippen LogP contribution is -1.98. The fraction of sp³-hybridized carbons (Fsp3) is 0.0476. The van der Waals surface area contributed by atoms with Crippen LogP contribution in [0.25, 0.3) is 16.6 Å². The molecule has 0 spiro atoms. The third-order valence-electron chi connectivity index (χ3n) is 4.75. The SMILES string of the molecule is Cc1cc(Nc2ncnc3ccc([N+](=O)[O-])cc23)ccc1Oc1ccn2ncnc2c1. The van der Waals surface area contributed by atoms with Crippen molar-refractivity contribution in [2.75, 3.05) is 5.32 Å². The normalized spacial score (nSPS) is 11.0. The predicted molar refractivity (Wildman–Crippen MR) is 114 cm³/mol. The average molecular weight is 413 g/mol. The number of aromatic nitrogens is 5. The van der Waals surface area contributed by atoms with Crippen LogP contribution in [0, 0.1) is 17.0 Å². The summed E-state index contributed by atoms with van der Waals surface area (Å²) in [7, 11) is 0. The van der Waals surface area contributed by atoms with E-state index >= 15 is 0 Å². The monoisotopic (exact) mass is 413 g/mol. The quantitative estimate of drug-likeness (QED) is 0.332. The van der Waals surface area contributed by atoms with Gasteiger partial charge in [0.2, 0.25) is 0 Å². The van der Waals surface area contributed by atoms with Crippen molar-refractivity contribution in [3.05, 3.63) is 83.1 Å². The molecule has 0 bridgehead atoms. The number of pyridine rings is 1. The number of fused-ring (bicyclic) bond motifs is 2. The third kappa shape index (κ3) is 3.57. The molecule has 0 atom stereocenters. The van der Waals surface area contributed by atoms with Gasteiger partial charge < -0.3 is 10.1 Å². The minimum Gasteiger partial charge on any atom is -0.457 e. The molecule has 2 aromatic carbocycles. The van der Waals surface area contributed by atoms with Crippen molar-refractivity contribution in [1.29, 1.82) is 0 Å². The highest BCUT2D eigenvalue weighted by molar-refractivity contribution is 5.92. The Morgan fingerprint density at radius 3 is 2.77 bits per heavy atom. The van der Waals surface area contributed by atoms with E-state index in [2.05, 4.69) is 25.4 Å². The van der Waals surface area contributed by atoms with Crippen LogP contribution < -0.4 is 10.1 Å². The van der Waals surface area contributed by atoms with Gasteiger partial charge in [-0.15, -0.1) is 0 Å². The molecule has 0 saturated heterocycles. The largest absolute Gasteiger partial charge is 0.457 e. The van der Waals surface area contributed by atoms with Gasteiger partial charge >= 0.3 is 0 Å². The van der Waals surface area contributed by atoms with Crippen molar-refractivity contribution in [2.45, 2.75) is 6.92 Å². The molecule has 0 radical (unpaired) electrons. The number of non-ortho nitro benzene ring substituents is 1. The number of nitrogens with zero attached hydrogens (tertiary/aromatic N) is 6. The number of hydrogen-bond acceptors (Lipinski definition) is 8. The Kier molecular flexibility index (Phi) is 4.36. The number of hydrogen-bond donors (Lipinski definition) is 1. The maximum atomic E-state index is 11.1. The van der Waals surface area contributed by atoms with Crippen LogP contribution in [0.5, 0.6) is 11.5 Å². The highest BCUT2D eigenvalue weighted by Crippen LogP contribution is 2.31. The lowest BCUT2D eigenvalue weighted by molar-refractivity contribution is -0.384. The van der Waals surface area contributed by atoms with Crippen molar-refractivity contribution in [1.82, 2.24) is 24.6 Å². The van der Waals surface area contributed by atoms with Crippen LogP contribution in [0.2, 0.25) is 0 Å². The highest BCUT2D eigenvalue weighted by Gasteiger charge is 2.12. The Morgan fingerprint density at radius 1 is 1.03 bits per heavy atom. The molecule has 0 aliphatic heterocycles. The number of benzene rings is 2. The zero-order valence-corrected chi connectivity index (χ0v) is 16.3. The van der Waals surface area contributed by atoms with E-state index in [1.165, 1.54) is 24.8 Å². The number of rotatable bonds is 5. The van der Waals surface area contributed by atoms with Crippen LogP contribution in [0.1, 0.15) is 5.56 Å². The van der Waals surface area contributed by atoms with E-state index in [1.54, 1.807) is 22.8 Å². The second-order valence-electron chi connectivity index (χ2n) is 6.81. The van der Waals surface area contributed by atoms with Gasteiger partial charge in [0.1, 0.15) is 30.0 Å². The summed E-state index contributed by atoms with van der Waals surface area (Å²) in [4.78, 5) is 23.3. The minimum atomic E-state index is -0.441. The summed E-state index contributed by atoms with van der Waals surface area (Å²) in [5.74, 6) is 1.83. The minimum absolute atomic E-state index is 0.0186. The second kappa shape index (κ2) is 7.34. The Hall–Kier alpha value is -4.60. The molecule has 152 valence electrons. The highest BCUT2D eigenvalue weighted by atomic mass is 16.6. The Bertz CT molecular complexity index is 1450. The van der Waals surface area contributed by atoms with Crippen LogP contribution in [0.15, 0.2) is 67.4 Å². The first kappa shape index (κ1) is 18.4. The van der Waals surface area contributed by atoms with Gasteiger partial charge in [-0.1, -0.05) is 0 Å². The molecule has 5 aromatic rings. The second-order valence-corrected chi connectivity index (χ2v) is 6.81. The van der Waals surface area contributed by atoms with Crippen molar-refractivity contribution in [3.8, 4) is 11.5 Å². The van der Waals surface area contributed by atoms with Gasteiger partial charge in [0, 0.05) is 35.5 Å². The fourth-order valence-corrected chi connectivity index (χ4v) is 3.22. The third-order valence-corrected chi connectivity index (χ3v) is 4.75. The van der Waals surface area contributed by atoms with Crippen molar-refractivity contribution in [2.24, 2.45) is 0 Å². The molecule has 0 fully saturated rings. The zero-order valence-electron chi connectivity index (χ0n) is 16.3. The van der Waals surface area contributed by atoms with Crippen LogP contribution in [-0.4, -0.2) is 29.5 Å². The zero-order chi connectivity index (χ0) is 21.4. The first-order valence-corrected chi connectivity index (χ1v) is 9.31. The molecule has 0 amide bonds. The molecule has 5 rings (SSSR count). The van der Waals surface area contributed by atoms with Gasteiger partial charge in [0.25, 0.3) is 5.69 Å². The standard InChI is InChI=1S/C21H15N7O3/c1-13-8-14(2-5-19(13)31-16-6-7-27-20(10-16)23-12-25-27)26-21-17-9-15(28(29)30)3-4-18(17)22-11-24-21/h2-12H,1H3,(H,22,24,26). The Balaban J connectivity index is 1.42. The lowest BCUT2D eigenvalue weighted by Gasteiger charge is -2.12. The molecule has 0 unspecified atom stereocenters. The summed E-state index contributed by atoms with van der Waals surface area (Å²) >= 11 is 0. The summed E-state index contributed by atoms with van der Waals surface area (Å²) in [5, 5.41) is 19.0. The molecule has 3 heterocycles. The van der Waals surface area contributed by atoms with Crippen LogP contribution >= 0.6 is 0 Å². The number of anilines is 2. The number of nitrogens with one attached hydrogen (secondary N) is 1. The smallest absolute Gasteiger partial charge is 0.270 e. The first-order valence-electron chi connectivity index (χ1n) is 9.31. The van der Waals surface area contributed by atoms with E-state index in [4.69, 9.17) is 4.74 Å². The number of nitro groups is 1. The van der Waals surface area contributed by atoms with Crippen LogP contribution in [-0.2, 0) is 0 Å². The van der Waals surface area contributed by atoms with Gasteiger partial charge in [-0.3, -0.25) is 10.1 Å². The van der Waals surface area contributed by atoms with Gasteiger partial charge in [-0.05, 0) is 42.8 Å². The Morgan fingerprint density at radius 2 is 1.94 bits per heavy atom. The molecule has 31 heavy (non-hydrogen) atoms. The number of ether oxygens (including phenoxy) is 1. The molecule has 10 nitrogen and oxygen atoms in total. The maximum absolute atomic E-state index is 11.1. The molecular weight excluding hydrogens is 398 g/mol. The van der Waals surface area contributed by atoms with E-state index in [-0.39, 0.29) is 5.69 Å². The van der Waals surface area contributed by atoms with E-state index < -0.39 is 4.92 Å². The molecule has 3 aromatic heterocycles. The molecule has 0 aliphatic carbocycles. The van der Waals surface area contributed by atoms with E-state index in [9.17, 15) is 10.1 Å². The predicted octanol–water partition coefficient (Wildman–Crippen LogP) is 4.43. The van der Waals surface area contributed by atoms with Crippen molar-refractivity contribution < 1.29 is 9.66 Å². The van der Waals surface area contributed by atoms with E-state index in [1.807, 2.05) is 31.2 Å². The molecule has 0 saturated carbocycles. The summed E-state index contributed by atoms with van der Waals surface area (Å²) in [6.45, 7) is 1.93. The molecule has 0 aliphatic rings. The topological polar surface area (TPSA) is 120 Å². The average Bonchev–Trinajstić information content (AvgIpc) is 3.23. The summed E-state index contributed by atoms with van der Waals surface area (Å²) in [6.07, 6.45) is 4.68. The summed E-state index contributed by atoms with van der Waals surface area (Å²) in [6, 6.07) is 13.7. The van der Waals surface area contributed by atoms with Crippen molar-refractivity contribution >= 4 is 33.7 Å². The maximum Gasteiger partial charge on any atom is 0.270 e. The fourth-order valence-electron chi connectivity index (χ4n) is 3.22. The molecule has 10 heteroatoms. The molecule has 1 N–H and O–H groups in total. The van der Waals surface area contributed by atoms with Gasteiger partial charge in [0.05, 0.1) is 10.4 Å². The van der Waals surface area contributed by atoms with Crippen LogP contribution in [0.3, 0.4) is 0 Å². The van der Waals surface area contributed by atoms with E-state index in [0.29, 0.717) is 33.9 Å². The molecular formula is C21H15N7O3. The lowest BCUT2D eigenvalue weighted by atomic mass is 10.1. The van der Waals surface area contributed by atoms with Gasteiger partial charge in [-0.25, -0.2) is 19.5 Å².